The van der Waals surface area contributed by atoms with Crippen molar-refractivity contribution in [3.63, 3.8) is 0 Å². The predicted molar refractivity (Wildman–Crippen MR) is 109 cm³/mol. The van der Waals surface area contributed by atoms with E-state index >= 15 is 0 Å². The fourth-order valence-corrected chi connectivity index (χ4v) is 2.70. The lowest BCUT2D eigenvalue weighted by Gasteiger charge is -2.22. The van der Waals surface area contributed by atoms with E-state index in [1.54, 1.807) is 30.3 Å². The molecule has 1 amide bonds. The molecule has 0 radical (unpaired) electrons. The highest BCUT2D eigenvalue weighted by Crippen LogP contribution is 2.26. The summed E-state index contributed by atoms with van der Waals surface area (Å²) in [5.74, 6) is -0.845. The number of nitrogens with one attached hydrogen (secondary N) is 3. The Balaban J connectivity index is 2.04. The number of nitro benzene ring substituents is 1. The van der Waals surface area contributed by atoms with Crippen molar-refractivity contribution in [1.82, 2.24) is 10.6 Å². The average molecular weight is 440 g/mol. The summed E-state index contributed by atoms with van der Waals surface area (Å²) in [6, 6.07) is 10.2. The number of alkyl halides is 3. The smallest absolute Gasteiger partial charge is 0.383 e. The maximum atomic E-state index is 13.3. The van der Waals surface area contributed by atoms with Crippen molar-refractivity contribution in [2.24, 2.45) is 0 Å². The highest BCUT2D eigenvalue weighted by molar-refractivity contribution is 5.95. The number of nitro groups is 1. The zero-order chi connectivity index (χ0) is 22.9. The molecule has 11 heteroatoms. The van der Waals surface area contributed by atoms with Crippen molar-refractivity contribution in [2.75, 3.05) is 32.1 Å². The van der Waals surface area contributed by atoms with Gasteiger partial charge in [-0.3, -0.25) is 14.9 Å². The van der Waals surface area contributed by atoms with E-state index in [1.807, 2.05) is 0 Å². The van der Waals surface area contributed by atoms with Gasteiger partial charge in [0.15, 0.2) is 0 Å². The van der Waals surface area contributed by atoms with E-state index in [9.17, 15) is 28.1 Å². The first-order chi connectivity index (χ1) is 14.7. The first kappa shape index (κ1) is 24.1. The van der Waals surface area contributed by atoms with Crippen LogP contribution in [0.2, 0.25) is 0 Å². The fourth-order valence-electron chi connectivity index (χ4n) is 2.70. The van der Waals surface area contributed by atoms with E-state index in [0.717, 1.165) is 6.07 Å². The van der Waals surface area contributed by atoms with E-state index < -0.39 is 29.6 Å². The number of rotatable bonds is 11. The molecule has 0 bridgehead atoms. The van der Waals surface area contributed by atoms with Crippen LogP contribution in [0.25, 0.3) is 0 Å². The molecule has 0 unspecified atom stereocenters. The topological polar surface area (TPSA) is 106 Å². The molecule has 0 aliphatic carbocycles. The van der Waals surface area contributed by atoms with Gasteiger partial charge in [-0.05, 0) is 17.7 Å². The van der Waals surface area contributed by atoms with Gasteiger partial charge in [0.25, 0.3) is 11.6 Å². The standard InChI is InChI=1S/C20H23F3N4O4/c1-31-10-9-24-16-8-7-15(11-17(16)27(29)30)19(28)26-13-18(20(21,22)23)25-12-14-5-3-2-4-6-14/h2-8,11,18,24-25H,9-10,12-13H2,1H3,(H,26,28)/t18-/m0/s1. The number of carbonyl (C=O) groups excluding carboxylic acids is 1. The molecule has 0 aliphatic rings. The summed E-state index contributed by atoms with van der Waals surface area (Å²) >= 11 is 0. The number of nitrogens with zero attached hydrogens (tertiary/aromatic N) is 1. The first-order valence-electron chi connectivity index (χ1n) is 9.36. The normalized spacial score (nSPS) is 12.3. The third-order valence-electron chi connectivity index (χ3n) is 4.34. The number of benzene rings is 2. The number of halogens is 3. The Labute approximate surface area is 176 Å². The van der Waals surface area contributed by atoms with Gasteiger partial charge in [0, 0.05) is 38.4 Å². The van der Waals surface area contributed by atoms with Gasteiger partial charge in [-0.1, -0.05) is 30.3 Å². The molecule has 0 fully saturated rings. The van der Waals surface area contributed by atoms with E-state index in [0.29, 0.717) is 18.7 Å². The molecular weight excluding hydrogens is 417 g/mol. The minimum absolute atomic E-state index is 0.0335. The van der Waals surface area contributed by atoms with Crippen molar-refractivity contribution in [1.29, 1.82) is 0 Å². The van der Waals surface area contributed by atoms with Gasteiger partial charge in [0.2, 0.25) is 0 Å². The molecule has 0 spiro atoms. The van der Waals surface area contributed by atoms with E-state index in [2.05, 4.69) is 16.0 Å². The Bertz CT molecular complexity index is 878. The SMILES string of the molecule is COCCNc1ccc(C(=O)NC[C@H](NCc2ccccc2)C(F)(F)F)cc1[N+](=O)[O-]. The summed E-state index contributed by atoms with van der Waals surface area (Å²) in [6.45, 7) is -0.136. The highest BCUT2D eigenvalue weighted by atomic mass is 19.4. The second kappa shape index (κ2) is 11.3. The molecule has 2 aromatic rings. The summed E-state index contributed by atoms with van der Waals surface area (Å²) in [7, 11) is 1.48. The maximum absolute atomic E-state index is 13.3. The van der Waals surface area contributed by atoms with E-state index in [-0.39, 0.29) is 23.5 Å². The van der Waals surface area contributed by atoms with Gasteiger partial charge in [0.05, 0.1) is 11.5 Å². The predicted octanol–water partition coefficient (Wildman–Crippen LogP) is 3.10. The molecule has 0 saturated carbocycles. The Morgan fingerprint density at radius 3 is 2.52 bits per heavy atom. The van der Waals surface area contributed by atoms with Gasteiger partial charge >= 0.3 is 6.18 Å². The van der Waals surface area contributed by atoms with Crippen LogP contribution in [0, 0.1) is 10.1 Å². The minimum atomic E-state index is -4.59. The molecule has 2 rings (SSSR count). The number of hydrogen-bond donors (Lipinski definition) is 3. The van der Waals surface area contributed by atoms with Crippen LogP contribution < -0.4 is 16.0 Å². The third kappa shape index (κ3) is 7.54. The lowest BCUT2D eigenvalue weighted by molar-refractivity contribution is -0.384. The summed E-state index contributed by atoms with van der Waals surface area (Å²) in [6.07, 6.45) is -4.59. The molecule has 31 heavy (non-hydrogen) atoms. The van der Waals surface area contributed by atoms with Gasteiger partial charge in [-0.15, -0.1) is 0 Å². The summed E-state index contributed by atoms with van der Waals surface area (Å²) in [4.78, 5) is 22.9. The highest BCUT2D eigenvalue weighted by Gasteiger charge is 2.39. The summed E-state index contributed by atoms with van der Waals surface area (Å²) in [5.41, 5.74) is 0.359. The van der Waals surface area contributed by atoms with Crippen LogP contribution in [0.4, 0.5) is 24.5 Å². The fraction of sp³-hybridized carbons (Fsp3) is 0.350. The van der Waals surface area contributed by atoms with Crippen LogP contribution in [0.3, 0.4) is 0 Å². The van der Waals surface area contributed by atoms with Gasteiger partial charge in [0.1, 0.15) is 11.7 Å². The minimum Gasteiger partial charge on any atom is -0.383 e. The van der Waals surface area contributed by atoms with Crippen LogP contribution in [0.1, 0.15) is 15.9 Å². The maximum Gasteiger partial charge on any atom is 0.405 e. The zero-order valence-electron chi connectivity index (χ0n) is 16.7. The second-order valence-electron chi connectivity index (χ2n) is 6.58. The number of carbonyl (C=O) groups is 1. The molecule has 8 nitrogen and oxygen atoms in total. The first-order valence-corrected chi connectivity index (χ1v) is 9.36. The van der Waals surface area contributed by atoms with Crippen LogP contribution in [-0.2, 0) is 11.3 Å². The summed E-state index contributed by atoms with van der Waals surface area (Å²) < 4.78 is 44.8. The molecule has 2 aromatic carbocycles. The second-order valence-corrected chi connectivity index (χ2v) is 6.58. The molecule has 1 atom stereocenters. The molecule has 0 aliphatic heterocycles. The summed E-state index contributed by atoms with van der Waals surface area (Å²) in [5, 5.41) is 18.7. The zero-order valence-corrected chi connectivity index (χ0v) is 16.7. The van der Waals surface area contributed by atoms with Crippen molar-refractivity contribution in [3.05, 3.63) is 69.8 Å². The number of methoxy groups -OCH3 is 1. The number of anilines is 1. The molecular formula is C20H23F3N4O4. The van der Waals surface area contributed by atoms with Crippen LogP contribution in [0.5, 0.6) is 0 Å². The monoisotopic (exact) mass is 440 g/mol. The number of ether oxygens (including phenoxy) is 1. The van der Waals surface area contributed by atoms with E-state index in [1.165, 1.54) is 19.2 Å². The molecule has 0 saturated heterocycles. The lowest BCUT2D eigenvalue weighted by atomic mass is 10.1. The Morgan fingerprint density at radius 1 is 1.19 bits per heavy atom. The number of hydrogen-bond acceptors (Lipinski definition) is 6. The molecule has 0 heterocycles. The Kier molecular flexibility index (Phi) is 8.76. The van der Waals surface area contributed by atoms with E-state index in [4.69, 9.17) is 4.74 Å². The Morgan fingerprint density at radius 2 is 1.90 bits per heavy atom. The van der Waals surface area contributed by atoms with Crippen LogP contribution in [-0.4, -0.2) is 49.9 Å². The number of amides is 1. The van der Waals surface area contributed by atoms with Crippen molar-refractivity contribution in [2.45, 2.75) is 18.8 Å². The van der Waals surface area contributed by atoms with Gasteiger partial charge < -0.3 is 20.7 Å². The van der Waals surface area contributed by atoms with Crippen molar-refractivity contribution >= 4 is 17.3 Å². The molecule has 168 valence electrons. The Hall–Kier alpha value is -3.18. The largest absolute Gasteiger partial charge is 0.405 e. The lowest BCUT2D eigenvalue weighted by Crippen LogP contribution is -2.49. The van der Waals surface area contributed by atoms with Crippen molar-refractivity contribution in [3.8, 4) is 0 Å². The van der Waals surface area contributed by atoms with Gasteiger partial charge in [-0.25, -0.2) is 0 Å². The van der Waals surface area contributed by atoms with Crippen molar-refractivity contribution < 1.29 is 27.6 Å². The van der Waals surface area contributed by atoms with Crippen LogP contribution in [0.15, 0.2) is 48.5 Å². The quantitative estimate of drug-likeness (QED) is 0.282. The average Bonchev–Trinajstić information content (AvgIpc) is 2.73. The van der Waals surface area contributed by atoms with Gasteiger partial charge in [-0.2, -0.15) is 13.2 Å². The third-order valence-corrected chi connectivity index (χ3v) is 4.34. The molecule has 0 aromatic heterocycles. The van der Waals surface area contributed by atoms with Crippen LogP contribution >= 0.6 is 0 Å². The molecule has 3 N–H and O–H groups in total.